The van der Waals surface area contributed by atoms with Gasteiger partial charge in [-0.2, -0.15) is 0 Å². The van der Waals surface area contributed by atoms with Crippen molar-refractivity contribution >= 4 is 5.78 Å². The van der Waals surface area contributed by atoms with E-state index >= 15 is 0 Å². The third kappa shape index (κ3) is 2.73. The van der Waals surface area contributed by atoms with Gasteiger partial charge in [0.15, 0.2) is 5.78 Å². The molecule has 0 heterocycles. The van der Waals surface area contributed by atoms with Gasteiger partial charge in [0.05, 0.1) is 12.2 Å². The highest BCUT2D eigenvalue weighted by Gasteiger charge is 2.16. The predicted molar refractivity (Wildman–Crippen MR) is 60.0 cm³/mol. The topological polar surface area (TPSA) is 66.8 Å². The molecule has 0 aliphatic heterocycles. The van der Waals surface area contributed by atoms with Crippen molar-refractivity contribution in [2.24, 2.45) is 0 Å². The summed E-state index contributed by atoms with van der Waals surface area (Å²) in [5, 5.41) is 19.2. The van der Waals surface area contributed by atoms with Gasteiger partial charge in [0.25, 0.3) is 0 Å². The highest BCUT2D eigenvalue weighted by atomic mass is 16.5. The number of hydrogen-bond acceptors (Lipinski definition) is 4. The molecule has 0 saturated carbocycles. The Balaban J connectivity index is 3.03. The van der Waals surface area contributed by atoms with Crippen molar-refractivity contribution in [3.05, 3.63) is 23.3 Å². The summed E-state index contributed by atoms with van der Waals surface area (Å²) >= 11 is 0. The van der Waals surface area contributed by atoms with E-state index in [0.29, 0.717) is 25.2 Å². The van der Waals surface area contributed by atoms with Gasteiger partial charge in [-0.3, -0.25) is 4.79 Å². The molecule has 0 fully saturated rings. The van der Waals surface area contributed by atoms with E-state index in [1.165, 1.54) is 19.1 Å². The van der Waals surface area contributed by atoms with Crippen LogP contribution in [0.3, 0.4) is 0 Å². The lowest BCUT2D eigenvalue weighted by molar-refractivity contribution is 0.101. The largest absolute Gasteiger partial charge is 0.508 e. The van der Waals surface area contributed by atoms with Crippen LogP contribution in [0.2, 0.25) is 0 Å². The fourth-order valence-electron chi connectivity index (χ4n) is 1.59. The van der Waals surface area contributed by atoms with E-state index in [1.807, 2.05) is 6.92 Å². The van der Waals surface area contributed by atoms with Crippen LogP contribution in [0.5, 0.6) is 11.5 Å². The first kappa shape index (κ1) is 12.5. The second kappa shape index (κ2) is 5.51. The van der Waals surface area contributed by atoms with Crippen LogP contribution < -0.4 is 0 Å². The van der Waals surface area contributed by atoms with Gasteiger partial charge in [0, 0.05) is 18.6 Å². The highest BCUT2D eigenvalue weighted by Crippen LogP contribution is 2.29. The van der Waals surface area contributed by atoms with Crippen LogP contribution in [-0.2, 0) is 11.2 Å². The average Bonchev–Trinajstić information content (AvgIpc) is 2.23. The Morgan fingerprint density at radius 3 is 2.50 bits per heavy atom. The van der Waals surface area contributed by atoms with Gasteiger partial charge >= 0.3 is 0 Å². The maximum atomic E-state index is 11.4. The molecule has 88 valence electrons. The maximum absolute atomic E-state index is 11.4. The number of aromatic hydroxyl groups is 2. The summed E-state index contributed by atoms with van der Waals surface area (Å²) in [5.74, 6) is -0.348. The molecule has 0 aliphatic carbocycles. The minimum atomic E-state index is -0.264. The summed E-state index contributed by atoms with van der Waals surface area (Å²) in [7, 11) is 0. The number of carbonyl (C=O) groups excluding carboxylic acids is 1. The molecule has 0 amide bonds. The molecule has 0 aromatic heterocycles. The zero-order valence-corrected chi connectivity index (χ0v) is 9.49. The number of rotatable bonds is 5. The van der Waals surface area contributed by atoms with Crippen molar-refractivity contribution in [2.75, 3.05) is 13.2 Å². The van der Waals surface area contributed by atoms with Crippen LogP contribution in [0, 0.1) is 0 Å². The van der Waals surface area contributed by atoms with E-state index in [2.05, 4.69) is 0 Å². The van der Waals surface area contributed by atoms with Gasteiger partial charge in [0.2, 0.25) is 0 Å². The van der Waals surface area contributed by atoms with E-state index in [-0.39, 0.29) is 22.8 Å². The van der Waals surface area contributed by atoms with Crippen molar-refractivity contribution in [1.82, 2.24) is 0 Å². The monoisotopic (exact) mass is 224 g/mol. The molecule has 0 aliphatic rings. The van der Waals surface area contributed by atoms with E-state index < -0.39 is 0 Å². The Morgan fingerprint density at radius 1 is 1.31 bits per heavy atom. The molecule has 4 heteroatoms. The van der Waals surface area contributed by atoms with E-state index in [4.69, 9.17) is 4.74 Å². The zero-order chi connectivity index (χ0) is 12.1. The summed E-state index contributed by atoms with van der Waals surface area (Å²) < 4.78 is 5.16. The molecule has 0 radical (unpaired) electrons. The van der Waals surface area contributed by atoms with Crippen LogP contribution >= 0.6 is 0 Å². The number of Topliss-reactive ketones (excluding diaryl/α,β-unsaturated/α-hetero) is 1. The molecular formula is C12H16O4. The minimum absolute atomic E-state index is 0.0164. The molecule has 1 aromatic rings. The van der Waals surface area contributed by atoms with Crippen molar-refractivity contribution in [3.63, 3.8) is 0 Å². The fraction of sp³-hybridized carbons (Fsp3) is 0.417. The molecule has 1 rings (SSSR count). The maximum Gasteiger partial charge on any atom is 0.163 e. The van der Waals surface area contributed by atoms with Crippen LogP contribution in [0.15, 0.2) is 12.1 Å². The van der Waals surface area contributed by atoms with E-state index in [0.717, 1.165) is 0 Å². The molecule has 0 bridgehead atoms. The number of phenols is 2. The number of benzene rings is 1. The Bertz CT molecular complexity index is 385. The van der Waals surface area contributed by atoms with Crippen LogP contribution in [-0.4, -0.2) is 29.2 Å². The predicted octanol–water partition coefficient (Wildman–Crippen LogP) is 1.88. The van der Waals surface area contributed by atoms with Crippen molar-refractivity contribution in [2.45, 2.75) is 20.3 Å². The first-order valence-electron chi connectivity index (χ1n) is 5.20. The number of hydrogen-bond donors (Lipinski definition) is 2. The standard InChI is InChI=1S/C12H16O4/c1-3-16-7-6-9-10(14)4-5-11(15)12(9)8(2)13/h4-5,14-15H,3,6-7H2,1-2H3. The average molecular weight is 224 g/mol. The number of phenolic OH excluding ortho intramolecular Hbond substituents is 2. The molecule has 0 unspecified atom stereocenters. The smallest absolute Gasteiger partial charge is 0.163 e. The fourth-order valence-corrected chi connectivity index (χ4v) is 1.59. The second-order valence-corrected chi connectivity index (χ2v) is 3.46. The summed E-state index contributed by atoms with van der Waals surface area (Å²) in [4.78, 5) is 11.4. The Labute approximate surface area is 94.5 Å². The molecule has 16 heavy (non-hydrogen) atoms. The van der Waals surface area contributed by atoms with Crippen molar-refractivity contribution < 1.29 is 19.7 Å². The Morgan fingerprint density at radius 2 is 1.94 bits per heavy atom. The lowest BCUT2D eigenvalue weighted by Gasteiger charge is -2.11. The first-order chi connectivity index (χ1) is 7.57. The second-order valence-electron chi connectivity index (χ2n) is 3.46. The SMILES string of the molecule is CCOCCc1c(O)ccc(O)c1C(C)=O. The highest BCUT2D eigenvalue weighted by molar-refractivity contribution is 5.98. The van der Waals surface area contributed by atoms with E-state index in [9.17, 15) is 15.0 Å². The summed E-state index contributed by atoms with van der Waals surface area (Å²) in [6.07, 6.45) is 0.406. The normalized spacial score (nSPS) is 10.4. The lowest BCUT2D eigenvalue weighted by atomic mass is 9.99. The number of carbonyl (C=O) groups is 1. The summed E-state index contributed by atoms with van der Waals surface area (Å²) in [6, 6.07) is 2.69. The minimum Gasteiger partial charge on any atom is -0.508 e. The van der Waals surface area contributed by atoms with Crippen LogP contribution in [0.4, 0.5) is 0 Å². The van der Waals surface area contributed by atoms with Crippen LogP contribution in [0.1, 0.15) is 29.8 Å². The van der Waals surface area contributed by atoms with Gasteiger partial charge in [-0.15, -0.1) is 0 Å². The van der Waals surface area contributed by atoms with Crippen molar-refractivity contribution in [3.8, 4) is 11.5 Å². The third-order valence-corrected chi connectivity index (χ3v) is 2.32. The van der Waals surface area contributed by atoms with Gasteiger partial charge in [0.1, 0.15) is 11.5 Å². The van der Waals surface area contributed by atoms with Crippen molar-refractivity contribution in [1.29, 1.82) is 0 Å². The Kier molecular flexibility index (Phi) is 4.31. The zero-order valence-electron chi connectivity index (χ0n) is 9.49. The molecule has 0 atom stereocenters. The lowest BCUT2D eigenvalue weighted by Crippen LogP contribution is -2.05. The molecular weight excluding hydrogens is 208 g/mol. The van der Waals surface area contributed by atoms with E-state index in [1.54, 1.807) is 0 Å². The van der Waals surface area contributed by atoms with Gasteiger partial charge in [-0.1, -0.05) is 0 Å². The summed E-state index contributed by atoms with van der Waals surface area (Å²) in [6.45, 7) is 4.22. The molecule has 2 N–H and O–H groups in total. The van der Waals surface area contributed by atoms with Gasteiger partial charge in [-0.05, 0) is 26.0 Å². The molecule has 4 nitrogen and oxygen atoms in total. The van der Waals surface area contributed by atoms with Gasteiger partial charge in [-0.25, -0.2) is 0 Å². The third-order valence-electron chi connectivity index (χ3n) is 2.32. The molecule has 0 spiro atoms. The number of ketones is 1. The number of ether oxygens (including phenoxy) is 1. The Hall–Kier alpha value is -1.55. The van der Waals surface area contributed by atoms with Crippen LogP contribution in [0.25, 0.3) is 0 Å². The molecule has 1 aromatic carbocycles. The summed E-state index contributed by atoms with van der Waals surface area (Å²) in [5.41, 5.74) is 0.626. The first-order valence-corrected chi connectivity index (χ1v) is 5.20. The molecule has 0 saturated heterocycles. The van der Waals surface area contributed by atoms with Gasteiger partial charge < -0.3 is 14.9 Å². The quantitative estimate of drug-likeness (QED) is 0.455.